The van der Waals surface area contributed by atoms with Crippen LogP contribution >= 0.6 is 0 Å². The van der Waals surface area contributed by atoms with E-state index < -0.39 is 0 Å². The Hall–Kier alpha value is -0.0400. The third kappa shape index (κ3) is 5.30. The molecule has 2 atom stereocenters. The quantitative estimate of drug-likeness (QED) is 0.588. The minimum atomic E-state index is 0.336. The topological polar surface area (TPSA) is 26.0 Å². The molecule has 0 saturated heterocycles. The average Bonchev–Trinajstić information content (AvgIpc) is 2.28. The molecular formula is C17H37N. The molecule has 1 nitrogen and oxygen atoms in total. The van der Waals surface area contributed by atoms with Crippen LogP contribution in [-0.2, 0) is 0 Å². The maximum Gasteiger partial charge on any atom is 0.00927 e. The number of hydrogen-bond donors (Lipinski definition) is 1. The standard InChI is InChI=1S/C17H37N/c1-8-11-15(18)17(7,9-2)13-10-12-16(5,6)14(3)4/h14-15H,8-13,18H2,1-7H3. The summed E-state index contributed by atoms with van der Waals surface area (Å²) in [6.07, 6.45) is 7.48. The van der Waals surface area contributed by atoms with E-state index in [2.05, 4.69) is 48.5 Å². The summed E-state index contributed by atoms with van der Waals surface area (Å²) in [7, 11) is 0. The molecule has 0 amide bonds. The molecule has 0 aliphatic rings. The highest BCUT2D eigenvalue weighted by Crippen LogP contribution is 2.37. The molecule has 0 aliphatic heterocycles. The lowest BCUT2D eigenvalue weighted by Gasteiger charge is -2.37. The van der Waals surface area contributed by atoms with Crippen molar-refractivity contribution in [2.75, 3.05) is 0 Å². The van der Waals surface area contributed by atoms with Crippen molar-refractivity contribution in [3.63, 3.8) is 0 Å². The van der Waals surface area contributed by atoms with Gasteiger partial charge in [0.1, 0.15) is 0 Å². The Morgan fingerprint density at radius 3 is 1.94 bits per heavy atom. The second-order valence-electron chi connectivity index (χ2n) is 7.40. The maximum absolute atomic E-state index is 6.38. The molecule has 110 valence electrons. The molecule has 0 heterocycles. The third-order valence-electron chi connectivity index (χ3n) is 5.43. The fourth-order valence-corrected chi connectivity index (χ4v) is 2.52. The van der Waals surface area contributed by atoms with E-state index in [1.807, 2.05) is 0 Å². The Morgan fingerprint density at radius 2 is 1.56 bits per heavy atom. The first-order valence-electron chi connectivity index (χ1n) is 7.95. The SMILES string of the molecule is CCCC(N)C(C)(CC)CCCC(C)(C)C(C)C. The molecule has 2 N–H and O–H groups in total. The molecule has 0 saturated carbocycles. The van der Waals surface area contributed by atoms with E-state index in [4.69, 9.17) is 5.73 Å². The molecule has 18 heavy (non-hydrogen) atoms. The number of rotatable bonds is 9. The van der Waals surface area contributed by atoms with Gasteiger partial charge in [-0.15, -0.1) is 0 Å². The molecule has 0 aromatic rings. The van der Waals surface area contributed by atoms with Gasteiger partial charge in [-0.1, -0.05) is 61.3 Å². The molecule has 0 aliphatic carbocycles. The molecule has 1 heteroatoms. The normalized spacial score (nSPS) is 17.8. The van der Waals surface area contributed by atoms with Crippen LogP contribution in [0.4, 0.5) is 0 Å². The molecule has 0 fully saturated rings. The van der Waals surface area contributed by atoms with Crippen LogP contribution in [-0.4, -0.2) is 6.04 Å². The van der Waals surface area contributed by atoms with Crippen molar-refractivity contribution in [3.8, 4) is 0 Å². The summed E-state index contributed by atoms with van der Waals surface area (Å²) in [5, 5.41) is 0. The van der Waals surface area contributed by atoms with Crippen molar-refractivity contribution >= 4 is 0 Å². The molecule has 0 aromatic heterocycles. The minimum absolute atomic E-state index is 0.336. The fraction of sp³-hybridized carbons (Fsp3) is 1.00. The zero-order valence-electron chi connectivity index (χ0n) is 14.0. The average molecular weight is 255 g/mol. The highest BCUT2D eigenvalue weighted by atomic mass is 14.7. The van der Waals surface area contributed by atoms with Gasteiger partial charge in [-0.05, 0) is 42.4 Å². The van der Waals surface area contributed by atoms with E-state index in [1.165, 1.54) is 32.1 Å². The summed E-state index contributed by atoms with van der Waals surface area (Å²) >= 11 is 0. The largest absolute Gasteiger partial charge is 0.327 e. The van der Waals surface area contributed by atoms with Gasteiger partial charge >= 0.3 is 0 Å². The smallest absolute Gasteiger partial charge is 0.00927 e. The first-order chi connectivity index (χ1) is 8.19. The van der Waals surface area contributed by atoms with E-state index in [-0.39, 0.29) is 0 Å². The van der Waals surface area contributed by atoms with Crippen molar-refractivity contribution in [1.82, 2.24) is 0 Å². The second kappa shape index (κ2) is 7.53. The fourth-order valence-electron chi connectivity index (χ4n) is 2.52. The van der Waals surface area contributed by atoms with Gasteiger partial charge in [-0.2, -0.15) is 0 Å². The third-order valence-corrected chi connectivity index (χ3v) is 5.43. The van der Waals surface area contributed by atoms with Crippen LogP contribution in [0.25, 0.3) is 0 Å². The molecule has 0 spiro atoms. The Kier molecular flexibility index (Phi) is 7.51. The molecule has 0 rings (SSSR count). The van der Waals surface area contributed by atoms with Gasteiger partial charge in [0, 0.05) is 6.04 Å². The van der Waals surface area contributed by atoms with Crippen LogP contribution < -0.4 is 5.73 Å². The van der Waals surface area contributed by atoms with Crippen molar-refractivity contribution in [3.05, 3.63) is 0 Å². The Bertz CT molecular complexity index is 220. The van der Waals surface area contributed by atoms with Gasteiger partial charge in [0.2, 0.25) is 0 Å². The summed E-state index contributed by atoms with van der Waals surface area (Å²) < 4.78 is 0. The van der Waals surface area contributed by atoms with E-state index in [0.717, 1.165) is 12.3 Å². The van der Waals surface area contributed by atoms with E-state index in [1.54, 1.807) is 0 Å². The van der Waals surface area contributed by atoms with Crippen LogP contribution in [0, 0.1) is 16.7 Å². The first kappa shape index (κ1) is 18.0. The zero-order chi connectivity index (χ0) is 14.4. The second-order valence-corrected chi connectivity index (χ2v) is 7.40. The lowest BCUT2D eigenvalue weighted by atomic mass is 9.71. The zero-order valence-corrected chi connectivity index (χ0v) is 14.0. The van der Waals surface area contributed by atoms with Gasteiger partial charge < -0.3 is 5.73 Å². The molecule has 0 radical (unpaired) electrons. The van der Waals surface area contributed by atoms with E-state index in [9.17, 15) is 0 Å². The predicted octanol–water partition coefficient (Wildman–Crippen LogP) is 5.38. The van der Waals surface area contributed by atoms with Gasteiger partial charge in [0.05, 0.1) is 0 Å². The van der Waals surface area contributed by atoms with Crippen LogP contribution in [0.3, 0.4) is 0 Å². The number of hydrogen-bond acceptors (Lipinski definition) is 1. The van der Waals surface area contributed by atoms with Crippen LogP contribution in [0.1, 0.15) is 87.0 Å². The highest BCUT2D eigenvalue weighted by Gasteiger charge is 2.30. The number of nitrogens with two attached hydrogens (primary N) is 1. The minimum Gasteiger partial charge on any atom is -0.327 e. The van der Waals surface area contributed by atoms with Crippen molar-refractivity contribution in [2.24, 2.45) is 22.5 Å². The van der Waals surface area contributed by atoms with Gasteiger partial charge in [-0.25, -0.2) is 0 Å². The van der Waals surface area contributed by atoms with Crippen molar-refractivity contribution in [1.29, 1.82) is 0 Å². The highest BCUT2D eigenvalue weighted by molar-refractivity contribution is 4.85. The Labute approximate surface area is 116 Å². The van der Waals surface area contributed by atoms with Gasteiger partial charge in [0.15, 0.2) is 0 Å². The first-order valence-corrected chi connectivity index (χ1v) is 7.95. The summed E-state index contributed by atoms with van der Waals surface area (Å²) in [5.74, 6) is 0.759. The van der Waals surface area contributed by atoms with Crippen LogP contribution in [0.2, 0.25) is 0 Å². The molecular weight excluding hydrogens is 218 g/mol. The summed E-state index contributed by atoms with van der Waals surface area (Å²) in [4.78, 5) is 0. The Morgan fingerprint density at radius 1 is 1.00 bits per heavy atom. The summed E-state index contributed by atoms with van der Waals surface area (Å²) in [6.45, 7) is 16.4. The van der Waals surface area contributed by atoms with Gasteiger partial charge in [-0.3, -0.25) is 0 Å². The van der Waals surface area contributed by atoms with E-state index in [0.29, 0.717) is 16.9 Å². The predicted molar refractivity (Wildman–Crippen MR) is 83.8 cm³/mol. The van der Waals surface area contributed by atoms with Crippen molar-refractivity contribution in [2.45, 2.75) is 93.0 Å². The molecule has 0 aromatic carbocycles. The monoisotopic (exact) mass is 255 g/mol. The summed E-state index contributed by atoms with van der Waals surface area (Å²) in [6, 6.07) is 0.370. The van der Waals surface area contributed by atoms with E-state index >= 15 is 0 Å². The molecule has 2 unspecified atom stereocenters. The Balaban J connectivity index is 4.31. The van der Waals surface area contributed by atoms with Crippen LogP contribution in [0.15, 0.2) is 0 Å². The summed E-state index contributed by atoms with van der Waals surface area (Å²) in [5.41, 5.74) is 7.18. The van der Waals surface area contributed by atoms with Crippen LogP contribution in [0.5, 0.6) is 0 Å². The van der Waals surface area contributed by atoms with Crippen molar-refractivity contribution < 1.29 is 0 Å². The lowest BCUT2D eigenvalue weighted by molar-refractivity contribution is 0.170. The lowest BCUT2D eigenvalue weighted by Crippen LogP contribution is -2.39. The molecule has 0 bridgehead atoms. The van der Waals surface area contributed by atoms with Gasteiger partial charge in [0.25, 0.3) is 0 Å². The maximum atomic E-state index is 6.38.